The highest BCUT2D eigenvalue weighted by atomic mass is 32.2. The van der Waals surface area contributed by atoms with Crippen molar-refractivity contribution >= 4 is 34.6 Å². The number of carbonyl (C=O) groups is 1. The van der Waals surface area contributed by atoms with E-state index in [4.69, 9.17) is 14.5 Å². The maximum Gasteiger partial charge on any atom is 0.266 e. The molecule has 0 N–H and O–H groups in total. The molecule has 0 spiro atoms. The highest BCUT2D eigenvalue weighted by Gasteiger charge is 2.32. The van der Waals surface area contributed by atoms with E-state index in [2.05, 4.69) is 6.92 Å². The lowest BCUT2D eigenvalue weighted by molar-refractivity contribution is -0.122. The summed E-state index contributed by atoms with van der Waals surface area (Å²) in [5, 5.41) is 0.711. The molecule has 2 aromatic rings. The number of ether oxygens (including phenoxy) is 2. The van der Waals surface area contributed by atoms with Gasteiger partial charge in [0.2, 0.25) is 0 Å². The lowest BCUT2D eigenvalue weighted by Crippen LogP contribution is -2.28. The molecule has 0 bridgehead atoms. The van der Waals surface area contributed by atoms with Gasteiger partial charge in [-0.15, -0.1) is 0 Å². The van der Waals surface area contributed by atoms with Gasteiger partial charge < -0.3 is 9.47 Å². The van der Waals surface area contributed by atoms with E-state index in [1.807, 2.05) is 63.2 Å². The average Bonchev–Trinajstić information content (AvgIpc) is 3.05. The first kappa shape index (κ1) is 22.9. The Morgan fingerprint density at radius 1 is 1.10 bits per heavy atom. The third kappa shape index (κ3) is 5.31. The van der Waals surface area contributed by atoms with Crippen LogP contribution in [0.4, 0.5) is 5.69 Å². The van der Waals surface area contributed by atoms with Gasteiger partial charge >= 0.3 is 0 Å². The molecule has 0 atom stereocenters. The highest BCUT2D eigenvalue weighted by Crippen LogP contribution is 2.36. The summed E-state index contributed by atoms with van der Waals surface area (Å²) in [6.45, 7) is 9.40. The molecule has 0 saturated carbocycles. The van der Waals surface area contributed by atoms with Crippen molar-refractivity contribution in [1.29, 1.82) is 0 Å². The van der Waals surface area contributed by atoms with Crippen molar-refractivity contribution in [2.24, 2.45) is 4.99 Å². The maximum absolute atomic E-state index is 13.0. The van der Waals surface area contributed by atoms with Crippen LogP contribution in [0.25, 0.3) is 6.08 Å². The largest absolute Gasteiger partial charge is 0.493 e. The molecule has 1 heterocycles. The molecular weight excluding hydrogens is 408 g/mol. The summed E-state index contributed by atoms with van der Waals surface area (Å²) in [6.07, 6.45) is 3.96. The maximum atomic E-state index is 13.0. The van der Waals surface area contributed by atoms with Crippen LogP contribution in [0.2, 0.25) is 0 Å². The van der Waals surface area contributed by atoms with Gasteiger partial charge in [0.05, 0.1) is 24.3 Å². The Morgan fingerprint density at radius 3 is 2.48 bits per heavy atom. The predicted molar refractivity (Wildman–Crippen MR) is 129 cm³/mol. The zero-order valence-electron chi connectivity index (χ0n) is 18.9. The molecule has 6 heteroatoms. The van der Waals surface area contributed by atoms with Crippen LogP contribution < -0.4 is 9.47 Å². The number of aliphatic imine (C=N–C) groups is 1. The number of amidine groups is 1. The molecule has 1 fully saturated rings. The van der Waals surface area contributed by atoms with Gasteiger partial charge in [0.25, 0.3) is 5.91 Å². The van der Waals surface area contributed by atoms with Crippen molar-refractivity contribution < 1.29 is 14.3 Å². The predicted octanol–water partition coefficient (Wildman–Crippen LogP) is 6.11. The number of hydrogen-bond acceptors (Lipinski definition) is 5. The number of methoxy groups -OCH3 is 1. The van der Waals surface area contributed by atoms with Gasteiger partial charge in [0.1, 0.15) is 0 Å². The number of rotatable bonds is 8. The van der Waals surface area contributed by atoms with E-state index in [0.29, 0.717) is 29.0 Å². The second-order valence-electron chi connectivity index (χ2n) is 7.41. The number of carbonyl (C=O) groups excluding carboxylic acids is 1. The van der Waals surface area contributed by atoms with Crippen LogP contribution in [0.1, 0.15) is 43.4 Å². The number of amides is 1. The SMILES string of the molecule is CCCCOc1ccc(/C=C2/SC(=Nc3c(C)cccc3C)N(CC)C2=O)cc1OC. The van der Waals surface area contributed by atoms with Gasteiger partial charge in [-0.25, -0.2) is 4.99 Å². The minimum atomic E-state index is -0.0280. The van der Waals surface area contributed by atoms with Crippen LogP contribution in [0.3, 0.4) is 0 Å². The van der Waals surface area contributed by atoms with Gasteiger partial charge in [-0.1, -0.05) is 37.6 Å². The number of thioether (sulfide) groups is 1. The Balaban J connectivity index is 1.89. The molecule has 1 saturated heterocycles. The molecular formula is C25H30N2O3S. The molecule has 1 amide bonds. The van der Waals surface area contributed by atoms with Crippen LogP contribution in [0, 0.1) is 13.8 Å². The number of para-hydroxylation sites is 1. The average molecular weight is 439 g/mol. The van der Waals surface area contributed by atoms with Crippen molar-refractivity contribution in [3.63, 3.8) is 0 Å². The van der Waals surface area contributed by atoms with E-state index >= 15 is 0 Å². The molecule has 3 rings (SSSR count). The second kappa shape index (κ2) is 10.5. The minimum Gasteiger partial charge on any atom is -0.493 e. The van der Waals surface area contributed by atoms with E-state index in [0.717, 1.165) is 41.0 Å². The number of aryl methyl sites for hydroxylation is 2. The van der Waals surface area contributed by atoms with Crippen LogP contribution in [-0.2, 0) is 4.79 Å². The van der Waals surface area contributed by atoms with Crippen LogP contribution >= 0.6 is 11.8 Å². The third-order valence-corrected chi connectivity index (χ3v) is 6.10. The number of likely N-dealkylation sites (N-methyl/N-ethyl adjacent to an activating group) is 1. The summed E-state index contributed by atoms with van der Waals surface area (Å²) in [5.41, 5.74) is 4.00. The zero-order chi connectivity index (χ0) is 22.4. The molecule has 1 aliphatic rings. The third-order valence-electron chi connectivity index (χ3n) is 5.09. The fraction of sp³-hybridized carbons (Fsp3) is 0.360. The second-order valence-corrected chi connectivity index (χ2v) is 8.42. The first-order valence-electron chi connectivity index (χ1n) is 10.7. The summed E-state index contributed by atoms with van der Waals surface area (Å²) in [4.78, 5) is 20.2. The van der Waals surface area contributed by atoms with E-state index < -0.39 is 0 Å². The van der Waals surface area contributed by atoms with Crippen LogP contribution in [-0.4, -0.2) is 36.2 Å². The summed E-state index contributed by atoms with van der Waals surface area (Å²) < 4.78 is 11.3. The topological polar surface area (TPSA) is 51.1 Å². The molecule has 5 nitrogen and oxygen atoms in total. The lowest BCUT2D eigenvalue weighted by atomic mass is 10.1. The number of hydrogen-bond donors (Lipinski definition) is 0. The fourth-order valence-corrected chi connectivity index (χ4v) is 4.37. The van der Waals surface area contributed by atoms with Crippen molar-refractivity contribution in [2.45, 2.75) is 40.5 Å². The molecule has 0 aliphatic carbocycles. The van der Waals surface area contributed by atoms with Crippen molar-refractivity contribution in [3.8, 4) is 11.5 Å². The van der Waals surface area contributed by atoms with E-state index in [9.17, 15) is 4.79 Å². The molecule has 2 aromatic carbocycles. The van der Waals surface area contributed by atoms with E-state index in [-0.39, 0.29) is 5.91 Å². The monoisotopic (exact) mass is 438 g/mol. The Morgan fingerprint density at radius 2 is 1.84 bits per heavy atom. The molecule has 0 unspecified atom stereocenters. The number of nitrogens with zero attached hydrogens (tertiary/aromatic N) is 2. The van der Waals surface area contributed by atoms with Gasteiger partial charge in [-0.05, 0) is 73.9 Å². The van der Waals surface area contributed by atoms with Crippen molar-refractivity contribution in [2.75, 3.05) is 20.3 Å². The lowest BCUT2D eigenvalue weighted by Gasteiger charge is -2.13. The standard InChI is InChI=1S/C25H30N2O3S/c1-6-8-14-30-20-13-12-19(15-21(20)29-5)16-22-24(28)27(7-2)25(31-22)26-23-17(3)10-9-11-18(23)4/h9-13,15-16H,6-8,14H2,1-5H3/b22-16+,26-25?. The van der Waals surface area contributed by atoms with Crippen LogP contribution in [0.5, 0.6) is 11.5 Å². The molecule has 0 aromatic heterocycles. The van der Waals surface area contributed by atoms with Gasteiger partial charge in [0, 0.05) is 6.54 Å². The van der Waals surface area contributed by atoms with E-state index in [1.54, 1.807) is 12.0 Å². The molecule has 1 aliphatic heterocycles. The highest BCUT2D eigenvalue weighted by molar-refractivity contribution is 8.18. The quantitative estimate of drug-likeness (QED) is 0.368. The molecule has 164 valence electrons. The molecule has 0 radical (unpaired) electrons. The summed E-state index contributed by atoms with van der Waals surface area (Å²) in [7, 11) is 1.63. The van der Waals surface area contributed by atoms with Crippen molar-refractivity contribution in [3.05, 3.63) is 58.0 Å². The van der Waals surface area contributed by atoms with E-state index in [1.165, 1.54) is 11.8 Å². The summed E-state index contributed by atoms with van der Waals surface area (Å²) in [5.74, 6) is 1.35. The number of benzene rings is 2. The molecule has 31 heavy (non-hydrogen) atoms. The number of unbranched alkanes of at least 4 members (excludes halogenated alkanes) is 1. The summed E-state index contributed by atoms with van der Waals surface area (Å²) in [6, 6.07) is 11.8. The Hall–Kier alpha value is -2.73. The first-order chi connectivity index (χ1) is 15.0. The smallest absolute Gasteiger partial charge is 0.266 e. The Labute approximate surface area is 189 Å². The van der Waals surface area contributed by atoms with Gasteiger partial charge in [0.15, 0.2) is 16.7 Å². The fourth-order valence-electron chi connectivity index (χ4n) is 3.32. The Bertz CT molecular complexity index is 994. The van der Waals surface area contributed by atoms with Gasteiger partial charge in [-0.3, -0.25) is 9.69 Å². The summed E-state index contributed by atoms with van der Waals surface area (Å²) >= 11 is 1.41. The normalized spacial score (nSPS) is 16.4. The van der Waals surface area contributed by atoms with Gasteiger partial charge in [-0.2, -0.15) is 0 Å². The van der Waals surface area contributed by atoms with Crippen LogP contribution in [0.15, 0.2) is 46.3 Å². The Kier molecular flexibility index (Phi) is 7.80. The zero-order valence-corrected chi connectivity index (χ0v) is 19.7. The first-order valence-corrected chi connectivity index (χ1v) is 11.5. The van der Waals surface area contributed by atoms with Crippen molar-refractivity contribution in [1.82, 2.24) is 4.90 Å². The minimum absolute atomic E-state index is 0.0280.